The summed E-state index contributed by atoms with van der Waals surface area (Å²) >= 11 is 0. The van der Waals surface area contributed by atoms with Gasteiger partial charge in [-0.2, -0.15) is 0 Å². The molecule has 0 spiro atoms. The average molecular weight is 476 g/mol. The third-order valence-electron chi connectivity index (χ3n) is 4.50. The monoisotopic (exact) mass is 476 g/mol. The van der Waals surface area contributed by atoms with Gasteiger partial charge < -0.3 is 24.3 Å². The number of anilines is 1. The van der Waals surface area contributed by atoms with Crippen LogP contribution in [0, 0.1) is 0 Å². The first-order valence-corrected chi connectivity index (χ1v) is 12.3. The lowest BCUT2D eigenvalue weighted by molar-refractivity contribution is -0.149. The Morgan fingerprint density at radius 3 is 2.58 bits per heavy atom. The Balaban J connectivity index is 1.70. The van der Waals surface area contributed by atoms with Crippen LogP contribution in [0.15, 0.2) is 43.0 Å². The van der Waals surface area contributed by atoms with Crippen LogP contribution in [-0.2, 0) is 25.4 Å². The predicted molar refractivity (Wildman–Crippen MR) is 124 cm³/mol. The fraction of sp³-hybridized carbons (Fsp3) is 0.429. The van der Waals surface area contributed by atoms with Crippen molar-refractivity contribution in [3.63, 3.8) is 0 Å². The van der Waals surface area contributed by atoms with E-state index in [0.717, 1.165) is 0 Å². The second kappa shape index (κ2) is 10.7. The van der Waals surface area contributed by atoms with Crippen molar-refractivity contribution in [1.82, 2.24) is 24.6 Å². The Morgan fingerprint density at radius 1 is 1.15 bits per heavy atom. The van der Waals surface area contributed by atoms with E-state index in [1.807, 2.05) is 13.0 Å². The first-order valence-electron chi connectivity index (χ1n) is 10.5. The second-order valence-corrected chi connectivity index (χ2v) is 9.89. The van der Waals surface area contributed by atoms with Gasteiger partial charge in [0, 0.05) is 0 Å². The van der Waals surface area contributed by atoms with Crippen molar-refractivity contribution in [2.24, 2.45) is 0 Å². The number of nitrogens with two attached hydrogens (primary N) is 1. The number of hydrogen-bond donors (Lipinski definition) is 2. The SMILES string of the molecule is CC(C)OC(=O)[C@@H](C)NP(=O)(CO[C@H](C)Cn1cnc2c(N)ncnc21)Oc1ccccc1. The molecule has 1 unspecified atom stereocenters. The van der Waals surface area contributed by atoms with Gasteiger partial charge in [-0.15, -0.1) is 0 Å². The van der Waals surface area contributed by atoms with Gasteiger partial charge in [0.15, 0.2) is 11.5 Å². The Morgan fingerprint density at radius 2 is 1.88 bits per heavy atom. The number of nitrogens with zero attached hydrogens (tertiary/aromatic N) is 4. The summed E-state index contributed by atoms with van der Waals surface area (Å²) < 4.78 is 32.2. The number of fused-ring (bicyclic) bond motifs is 1. The van der Waals surface area contributed by atoms with E-state index in [1.165, 1.54) is 6.33 Å². The summed E-state index contributed by atoms with van der Waals surface area (Å²) in [7, 11) is -3.64. The first-order chi connectivity index (χ1) is 15.7. The van der Waals surface area contributed by atoms with E-state index >= 15 is 0 Å². The number of ether oxygens (including phenoxy) is 2. The lowest BCUT2D eigenvalue weighted by atomic mass is 10.3. The third kappa shape index (κ3) is 6.74. The molecule has 2 heterocycles. The van der Waals surface area contributed by atoms with Crippen LogP contribution in [0.4, 0.5) is 5.82 Å². The van der Waals surface area contributed by atoms with Gasteiger partial charge in [0.25, 0.3) is 0 Å². The van der Waals surface area contributed by atoms with Crippen molar-refractivity contribution in [3.05, 3.63) is 43.0 Å². The van der Waals surface area contributed by atoms with Gasteiger partial charge >= 0.3 is 13.5 Å². The largest absolute Gasteiger partial charge is 0.462 e. The molecule has 1 aromatic carbocycles. The predicted octanol–water partition coefficient (Wildman–Crippen LogP) is 2.97. The minimum Gasteiger partial charge on any atom is -0.462 e. The zero-order valence-corrected chi connectivity index (χ0v) is 19.9. The van der Waals surface area contributed by atoms with E-state index in [1.54, 1.807) is 55.9 Å². The summed E-state index contributed by atoms with van der Waals surface area (Å²) in [5, 5.41) is 2.78. The van der Waals surface area contributed by atoms with Crippen molar-refractivity contribution in [2.45, 2.75) is 52.5 Å². The van der Waals surface area contributed by atoms with Crippen LogP contribution in [0.1, 0.15) is 27.7 Å². The molecule has 178 valence electrons. The number of carbonyl (C=O) groups is 1. The molecule has 0 radical (unpaired) electrons. The first kappa shape index (κ1) is 24.6. The van der Waals surface area contributed by atoms with Gasteiger partial charge in [-0.05, 0) is 39.8 Å². The number of nitrogen functional groups attached to an aromatic ring is 1. The number of rotatable bonds is 11. The van der Waals surface area contributed by atoms with Crippen LogP contribution in [-0.4, -0.2) is 50.1 Å². The van der Waals surface area contributed by atoms with Crippen molar-refractivity contribution in [3.8, 4) is 5.75 Å². The van der Waals surface area contributed by atoms with Crippen LogP contribution in [0.25, 0.3) is 11.2 Å². The number of imidazole rings is 1. The van der Waals surface area contributed by atoms with Gasteiger partial charge in [0.2, 0.25) is 0 Å². The van der Waals surface area contributed by atoms with E-state index in [4.69, 9.17) is 19.7 Å². The number of nitrogens with one attached hydrogen (secondary N) is 1. The van der Waals surface area contributed by atoms with Crippen molar-refractivity contribution in [2.75, 3.05) is 12.1 Å². The standard InChI is InChI=1S/C21H29N6O5P/c1-14(2)31-21(28)16(4)26-33(29,32-17-8-6-5-7-9-17)13-30-15(3)10-27-12-25-18-19(22)23-11-24-20(18)27/h5-9,11-12,14-16H,10,13H2,1-4H3,(H,26,29)(H2,22,23,24)/t15-,16-,33?/m1/s1. The average Bonchev–Trinajstić information content (AvgIpc) is 3.16. The van der Waals surface area contributed by atoms with Gasteiger partial charge in [-0.1, -0.05) is 18.2 Å². The summed E-state index contributed by atoms with van der Waals surface area (Å²) in [6, 6.07) is 7.83. The number of hydrogen-bond acceptors (Lipinski definition) is 9. The summed E-state index contributed by atoms with van der Waals surface area (Å²) in [6.45, 7) is 7.25. The van der Waals surface area contributed by atoms with Crippen molar-refractivity contribution in [1.29, 1.82) is 0 Å². The summed E-state index contributed by atoms with van der Waals surface area (Å²) in [5.41, 5.74) is 6.91. The second-order valence-electron chi connectivity index (χ2n) is 7.85. The van der Waals surface area contributed by atoms with E-state index < -0.39 is 19.5 Å². The lowest BCUT2D eigenvalue weighted by Gasteiger charge is -2.25. The molecule has 2 aromatic heterocycles. The maximum Gasteiger partial charge on any atom is 0.342 e. The third-order valence-corrected chi connectivity index (χ3v) is 6.28. The molecular formula is C21H29N6O5P. The molecule has 11 nitrogen and oxygen atoms in total. The van der Waals surface area contributed by atoms with E-state index in [2.05, 4.69) is 20.0 Å². The maximum absolute atomic E-state index is 13.6. The molecule has 12 heteroatoms. The van der Waals surface area contributed by atoms with Crippen molar-refractivity contribution >= 4 is 30.5 Å². The number of aromatic nitrogens is 4. The number of carbonyl (C=O) groups excluding carboxylic acids is 1. The fourth-order valence-electron chi connectivity index (χ4n) is 3.01. The number of esters is 1. The molecule has 0 fully saturated rings. The van der Waals surface area contributed by atoms with Crippen LogP contribution in [0.5, 0.6) is 5.75 Å². The molecule has 3 aromatic rings. The Hall–Kier alpha value is -3.01. The molecule has 3 atom stereocenters. The Labute approximate surface area is 192 Å². The van der Waals surface area contributed by atoms with Crippen molar-refractivity contribution < 1.29 is 23.4 Å². The molecule has 3 rings (SSSR count). The topological polar surface area (TPSA) is 143 Å². The fourth-order valence-corrected chi connectivity index (χ4v) is 4.80. The highest BCUT2D eigenvalue weighted by Gasteiger charge is 2.32. The molecule has 0 aliphatic rings. The molecular weight excluding hydrogens is 447 g/mol. The molecule has 0 bridgehead atoms. The number of para-hydroxylation sites is 1. The summed E-state index contributed by atoms with van der Waals surface area (Å²) in [4.78, 5) is 24.6. The van der Waals surface area contributed by atoms with E-state index in [0.29, 0.717) is 29.3 Å². The maximum atomic E-state index is 13.6. The molecule has 0 aliphatic carbocycles. The summed E-state index contributed by atoms with van der Waals surface area (Å²) in [5.74, 6) is 0.151. The highest BCUT2D eigenvalue weighted by molar-refractivity contribution is 7.57. The molecule has 3 N–H and O–H groups in total. The molecule has 0 aliphatic heterocycles. The molecule has 33 heavy (non-hydrogen) atoms. The minimum atomic E-state index is -3.64. The smallest absolute Gasteiger partial charge is 0.342 e. The highest BCUT2D eigenvalue weighted by Crippen LogP contribution is 2.44. The Kier molecular flexibility index (Phi) is 8.01. The van der Waals surface area contributed by atoms with Gasteiger partial charge in [-0.3, -0.25) is 9.36 Å². The van der Waals surface area contributed by atoms with Crippen LogP contribution in [0.2, 0.25) is 0 Å². The van der Waals surface area contributed by atoms with Gasteiger partial charge in [0.05, 0.1) is 25.1 Å². The van der Waals surface area contributed by atoms with Crippen LogP contribution >= 0.6 is 7.52 Å². The Bertz CT molecular complexity index is 1120. The normalized spacial score (nSPS) is 15.2. The highest BCUT2D eigenvalue weighted by atomic mass is 31.2. The lowest BCUT2D eigenvalue weighted by Crippen LogP contribution is -2.37. The van der Waals surface area contributed by atoms with Gasteiger partial charge in [-0.25, -0.2) is 20.0 Å². The zero-order chi connectivity index (χ0) is 24.0. The van der Waals surface area contributed by atoms with Crippen LogP contribution < -0.4 is 15.3 Å². The molecule has 0 saturated heterocycles. The van der Waals surface area contributed by atoms with Crippen LogP contribution in [0.3, 0.4) is 0 Å². The molecule has 0 saturated carbocycles. The number of benzene rings is 1. The van der Waals surface area contributed by atoms with Gasteiger partial charge in [0.1, 0.15) is 30.0 Å². The molecule has 0 amide bonds. The summed E-state index contributed by atoms with van der Waals surface area (Å²) in [6.07, 6.45) is 2.01. The van der Waals surface area contributed by atoms with E-state index in [-0.39, 0.29) is 18.6 Å². The quantitative estimate of drug-likeness (QED) is 0.313. The van der Waals surface area contributed by atoms with E-state index in [9.17, 15) is 9.36 Å². The zero-order valence-electron chi connectivity index (χ0n) is 19.0. The minimum absolute atomic E-state index is 0.272.